The predicted molar refractivity (Wildman–Crippen MR) is 102 cm³/mol. The molecule has 0 spiro atoms. The largest absolute Gasteiger partial charge is 0.325 e. The van der Waals surface area contributed by atoms with Crippen LogP contribution < -0.4 is 15.5 Å². The monoisotopic (exact) mass is 379 g/mol. The average molecular weight is 379 g/mol. The number of hydrogen-bond acceptors (Lipinski definition) is 5. The molecule has 0 radical (unpaired) electrons. The molecule has 0 aromatic heterocycles. The van der Waals surface area contributed by atoms with E-state index in [2.05, 4.69) is 10.6 Å². The van der Waals surface area contributed by atoms with Crippen molar-refractivity contribution in [3.05, 3.63) is 65.1 Å². The van der Waals surface area contributed by atoms with Crippen LogP contribution in [0.1, 0.15) is 5.56 Å². The highest BCUT2D eigenvalue weighted by molar-refractivity contribution is 8.18. The van der Waals surface area contributed by atoms with Gasteiger partial charge in [0.25, 0.3) is 17.1 Å². The summed E-state index contributed by atoms with van der Waals surface area (Å²) < 4.78 is 0. The van der Waals surface area contributed by atoms with Crippen molar-refractivity contribution in [1.29, 1.82) is 0 Å². The maximum atomic E-state index is 13.0. The van der Waals surface area contributed by atoms with Crippen molar-refractivity contribution < 1.29 is 19.2 Å². The maximum Gasteiger partial charge on any atom is 0.290 e. The second kappa shape index (κ2) is 6.73. The van der Waals surface area contributed by atoms with Crippen molar-refractivity contribution in [3.63, 3.8) is 0 Å². The lowest BCUT2D eigenvalue weighted by atomic mass is 10.1. The highest BCUT2D eigenvalue weighted by Crippen LogP contribution is 2.42. The number of thioether (sulfide) groups is 1. The third-order valence-electron chi connectivity index (χ3n) is 4.13. The lowest BCUT2D eigenvalue weighted by molar-refractivity contribution is -0.118. The second-order valence-electron chi connectivity index (χ2n) is 5.87. The molecule has 2 aliphatic rings. The molecule has 27 heavy (non-hydrogen) atoms. The number of anilines is 2. The standard InChI is InChI=1S/C19H13N3O4S/c23-14(20-11-6-2-1-3-7-11)10-22-13-9-5-4-8-12(13)15(18(22)25)16-17(24)21-19(26)27-16/h1-9H,10H2,(H,20,23)(H,21,24,26)/b16-15+. The fourth-order valence-electron chi connectivity index (χ4n) is 3.00. The first-order valence-corrected chi connectivity index (χ1v) is 8.90. The van der Waals surface area contributed by atoms with Crippen LogP contribution in [0.5, 0.6) is 0 Å². The Kier molecular flexibility index (Phi) is 4.25. The summed E-state index contributed by atoms with van der Waals surface area (Å²) in [7, 11) is 0. The zero-order chi connectivity index (χ0) is 19.0. The Morgan fingerprint density at radius 3 is 2.41 bits per heavy atom. The van der Waals surface area contributed by atoms with Crippen LogP contribution in [0.2, 0.25) is 0 Å². The molecule has 4 rings (SSSR count). The summed E-state index contributed by atoms with van der Waals surface area (Å²) in [6.07, 6.45) is 0. The average Bonchev–Trinajstić information content (AvgIpc) is 3.12. The van der Waals surface area contributed by atoms with Gasteiger partial charge in [-0.15, -0.1) is 0 Å². The number of para-hydroxylation sites is 2. The normalized spacial score (nSPS) is 18.5. The van der Waals surface area contributed by atoms with Crippen molar-refractivity contribution in [2.75, 3.05) is 16.8 Å². The number of carbonyl (C=O) groups is 4. The molecule has 2 heterocycles. The van der Waals surface area contributed by atoms with Gasteiger partial charge in [-0.05, 0) is 30.0 Å². The van der Waals surface area contributed by atoms with E-state index in [4.69, 9.17) is 0 Å². The van der Waals surface area contributed by atoms with Crippen molar-refractivity contribution in [2.45, 2.75) is 0 Å². The van der Waals surface area contributed by atoms with Crippen LogP contribution in [0.15, 0.2) is 59.5 Å². The molecule has 2 aromatic rings. The topological polar surface area (TPSA) is 95.6 Å². The minimum atomic E-state index is -0.598. The van der Waals surface area contributed by atoms with E-state index in [1.165, 1.54) is 4.90 Å². The van der Waals surface area contributed by atoms with Crippen molar-refractivity contribution >= 4 is 51.7 Å². The Morgan fingerprint density at radius 1 is 1.00 bits per heavy atom. The zero-order valence-corrected chi connectivity index (χ0v) is 14.7. The molecular weight excluding hydrogens is 366 g/mol. The minimum absolute atomic E-state index is 0.0587. The van der Waals surface area contributed by atoms with E-state index >= 15 is 0 Å². The molecule has 0 saturated carbocycles. The smallest absolute Gasteiger partial charge is 0.290 e. The maximum absolute atomic E-state index is 13.0. The molecule has 134 valence electrons. The van der Waals surface area contributed by atoms with Crippen LogP contribution in [-0.2, 0) is 14.4 Å². The first-order valence-electron chi connectivity index (χ1n) is 8.08. The van der Waals surface area contributed by atoms with E-state index < -0.39 is 17.1 Å². The van der Waals surface area contributed by atoms with E-state index in [-0.39, 0.29) is 22.9 Å². The molecule has 0 unspecified atom stereocenters. The van der Waals surface area contributed by atoms with Crippen molar-refractivity contribution in [1.82, 2.24) is 5.32 Å². The summed E-state index contributed by atoms with van der Waals surface area (Å²) in [5, 5.41) is 4.37. The van der Waals surface area contributed by atoms with Crippen molar-refractivity contribution in [2.24, 2.45) is 0 Å². The quantitative estimate of drug-likeness (QED) is 0.799. The Balaban J connectivity index is 1.66. The highest BCUT2D eigenvalue weighted by Gasteiger charge is 2.40. The van der Waals surface area contributed by atoms with E-state index in [1.807, 2.05) is 6.07 Å². The SMILES string of the molecule is O=C(CN1C(=O)/C(=C2/SC(=O)NC2=O)c2ccccc21)Nc1ccccc1. The first-order chi connectivity index (χ1) is 13.0. The number of hydrogen-bond donors (Lipinski definition) is 2. The molecule has 0 bridgehead atoms. The Labute approximate surface area is 158 Å². The Bertz CT molecular complexity index is 1020. The number of fused-ring (bicyclic) bond motifs is 1. The van der Waals surface area contributed by atoms with Crippen LogP contribution >= 0.6 is 11.8 Å². The Morgan fingerprint density at radius 2 is 1.70 bits per heavy atom. The molecule has 1 fully saturated rings. The van der Waals surface area contributed by atoms with Gasteiger partial charge >= 0.3 is 0 Å². The van der Waals surface area contributed by atoms with Gasteiger partial charge < -0.3 is 5.32 Å². The number of imide groups is 1. The molecule has 4 amide bonds. The van der Waals surface area contributed by atoms with Crippen LogP contribution in [0.3, 0.4) is 0 Å². The van der Waals surface area contributed by atoms with E-state index in [1.54, 1.807) is 48.5 Å². The molecule has 7 nitrogen and oxygen atoms in total. The fraction of sp³-hybridized carbons (Fsp3) is 0.0526. The summed E-state index contributed by atoms with van der Waals surface area (Å²) >= 11 is 0.694. The summed E-state index contributed by atoms with van der Waals surface area (Å²) in [4.78, 5) is 50.3. The summed E-state index contributed by atoms with van der Waals surface area (Å²) in [6, 6.07) is 15.8. The van der Waals surface area contributed by atoms with Gasteiger partial charge in [-0.3, -0.25) is 29.4 Å². The number of amides is 4. The lowest BCUT2D eigenvalue weighted by Gasteiger charge is -2.16. The molecule has 0 atom stereocenters. The zero-order valence-electron chi connectivity index (χ0n) is 13.9. The first kappa shape index (κ1) is 17.0. The van der Waals surface area contributed by atoms with Crippen LogP contribution in [-0.4, -0.2) is 29.5 Å². The molecule has 0 aliphatic carbocycles. The van der Waals surface area contributed by atoms with Crippen molar-refractivity contribution in [3.8, 4) is 0 Å². The second-order valence-corrected chi connectivity index (χ2v) is 6.85. The number of rotatable bonds is 3. The van der Waals surface area contributed by atoms with Crippen LogP contribution in [0.4, 0.5) is 16.2 Å². The third-order valence-corrected chi connectivity index (χ3v) is 5.01. The number of benzene rings is 2. The van der Waals surface area contributed by atoms with Gasteiger partial charge in [0.15, 0.2) is 0 Å². The molecule has 8 heteroatoms. The van der Waals surface area contributed by atoms with Gasteiger partial charge in [0, 0.05) is 11.3 Å². The summed E-state index contributed by atoms with van der Waals surface area (Å²) in [6.45, 7) is -0.207. The Hall–Kier alpha value is -3.39. The van der Waals surface area contributed by atoms with Crippen LogP contribution in [0.25, 0.3) is 5.57 Å². The minimum Gasteiger partial charge on any atom is -0.325 e. The number of carbonyl (C=O) groups excluding carboxylic acids is 4. The molecule has 1 saturated heterocycles. The van der Waals surface area contributed by atoms with E-state index in [0.717, 1.165) is 0 Å². The van der Waals surface area contributed by atoms with Gasteiger partial charge in [-0.2, -0.15) is 0 Å². The van der Waals surface area contributed by atoms with E-state index in [9.17, 15) is 19.2 Å². The molecular formula is C19H13N3O4S. The van der Waals surface area contributed by atoms with Gasteiger partial charge in [0.05, 0.1) is 16.2 Å². The van der Waals surface area contributed by atoms with Gasteiger partial charge in [0.1, 0.15) is 6.54 Å². The predicted octanol–water partition coefficient (Wildman–Crippen LogP) is 2.37. The molecule has 2 aliphatic heterocycles. The van der Waals surface area contributed by atoms with Gasteiger partial charge in [-0.25, -0.2) is 0 Å². The summed E-state index contributed by atoms with van der Waals surface area (Å²) in [5.41, 5.74) is 1.83. The van der Waals surface area contributed by atoms with Crippen LogP contribution in [0, 0.1) is 0 Å². The van der Waals surface area contributed by atoms with Gasteiger partial charge in [-0.1, -0.05) is 36.4 Å². The van der Waals surface area contributed by atoms with E-state index in [0.29, 0.717) is 28.7 Å². The molecule has 2 aromatic carbocycles. The number of nitrogens with one attached hydrogen (secondary N) is 2. The van der Waals surface area contributed by atoms with Gasteiger partial charge in [0.2, 0.25) is 5.91 Å². The highest BCUT2D eigenvalue weighted by atomic mass is 32.2. The third kappa shape index (κ3) is 3.11. The fourth-order valence-corrected chi connectivity index (χ4v) is 3.77. The number of nitrogens with zero attached hydrogens (tertiary/aromatic N) is 1. The lowest BCUT2D eigenvalue weighted by Crippen LogP contribution is -2.35. The molecule has 2 N–H and O–H groups in total. The summed E-state index contributed by atoms with van der Waals surface area (Å²) in [5.74, 6) is -1.44.